The second kappa shape index (κ2) is 13.9. The molecule has 1 saturated heterocycles. The molecule has 9 nitrogen and oxygen atoms in total. The van der Waals surface area contributed by atoms with E-state index in [0.29, 0.717) is 49.5 Å². The Morgan fingerprint density at radius 2 is 1.86 bits per heavy atom. The number of benzene rings is 1. The van der Waals surface area contributed by atoms with Gasteiger partial charge in [0.05, 0.1) is 18.4 Å². The Balaban J connectivity index is 1.48. The lowest BCUT2D eigenvalue weighted by Gasteiger charge is -2.38. The molecule has 1 aliphatic heterocycles. The highest BCUT2D eigenvalue weighted by molar-refractivity contribution is 6.07. The van der Waals surface area contributed by atoms with Gasteiger partial charge in [0, 0.05) is 62.4 Å². The predicted molar refractivity (Wildman–Crippen MR) is 160 cm³/mol. The lowest BCUT2D eigenvalue weighted by atomic mass is 9.99. The highest BCUT2D eigenvalue weighted by atomic mass is 19.1. The number of nitrogens with zero attached hydrogens (tertiary/aromatic N) is 3. The minimum atomic E-state index is -0.718. The Morgan fingerprint density at radius 1 is 1.19 bits per heavy atom. The number of ether oxygens (including phenoxy) is 1. The molecule has 230 valence electrons. The molecule has 2 aromatic rings. The molecule has 0 saturated carbocycles. The number of anilines is 1. The van der Waals surface area contributed by atoms with Gasteiger partial charge in [-0.2, -0.15) is 5.10 Å². The van der Waals surface area contributed by atoms with Gasteiger partial charge in [-0.25, -0.2) is 18.0 Å². The number of carbonyl (C=O) groups excluding carboxylic acids is 2. The van der Waals surface area contributed by atoms with Crippen molar-refractivity contribution in [1.29, 1.82) is 0 Å². The van der Waals surface area contributed by atoms with Gasteiger partial charge in [0.25, 0.3) is 5.91 Å². The maximum atomic E-state index is 15.2. The molecule has 2 amide bonds. The number of hydrogen-bond donors (Lipinski definition) is 3. The summed E-state index contributed by atoms with van der Waals surface area (Å²) in [6, 6.07) is 2.47. The van der Waals surface area contributed by atoms with E-state index in [1.54, 1.807) is 17.9 Å². The summed E-state index contributed by atoms with van der Waals surface area (Å²) in [5, 5.41) is 12.6. The van der Waals surface area contributed by atoms with Crippen molar-refractivity contribution in [2.75, 3.05) is 38.6 Å². The lowest BCUT2D eigenvalue weighted by molar-refractivity contribution is -0.112. The number of piperazine rings is 1. The van der Waals surface area contributed by atoms with E-state index >= 15 is 13.2 Å². The lowest BCUT2D eigenvalue weighted by Crippen LogP contribution is -2.51. The molecule has 2 heterocycles. The zero-order valence-corrected chi connectivity index (χ0v) is 24.8. The van der Waals surface area contributed by atoms with Gasteiger partial charge in [0.1, 0.15) is 17.5 Å². The van der Waals surface area contributed by atoms with Crippen molar-refractivity contribution in [3.8, 4) is 0 Å². The number of carbonyl (C=O) groups is 2. The molecule has 1 aromatic heterocycles. The number of allylic oxidation sites excluding steroid dienone is 1. The fourth-order valence-corrected chi connectivity index (χ4v) is 5.13. The van der Waals surface area contributed by atoms with Crippen LogP contribution < -0.4 is 10.6 Å². The first-order chi connectivity index (χ1) is 20.5. The van der Waals surface area contributed by atoms with Gasteiger partial charge >= 0.3 is 6.09 Å². The van der Waals surface area contributed by atoms with Crippen LogP contribution in [0.5, 0.6) is 0 Å². The van der Waals surface area contributed by atoms with Crippen molar-refractivity contribution in [3.05, 3.63) is 76.3 Å². The van der Waals surface area contributed by atoms with E-state index in [2.05, 4.69) is 27.4 Å². The smallest absolute Gasteiger partial charge is 0.409 e. The average molecular weight is 599 g/mol. The van der Waals surface area contributed by atoms with Crippen LogP contribution in [0.1, 0.15) is 49.6 Å². The van der Waals surface area contributed by atoms with Crippen molar-refractivity contribution < 1.29 is 27.5 Å². The predicted octanol–water partition coefficient (Wildman–Crippen LogP) is 5.26. The second-order valence-electron chi connectivity index (χ2n) is 10.8. The van der Waals surface area contributed by atoms with Crippen molar-refractivity contribution in [2.45, 2.75) is 45.8 Å². The molecule has 43 heavy (non-hydrogen) atoms. The number of amides is 2. The van der Waals surface area contributed by atoms with Crippen LogP contribution in [0.15, 0.2) is 42.3 Å². The minimum Gasteiger partial charge on any atom is -0.453 e. The minimum absolute atomic E-state index is 0.00303. The second-order valence-corrected chi connectivity index (χ2v) is 10.8. The normalized spacial score (nSPS) is 17.9. The highest BCUT2D eigenvalue weighted by Gasteiger charge is 2.30. The van der Waals surface area contributed by atoms with Crippen molar-refractivity contribution in [3.63, 3.8) is 0 Å². The first-order valence-corrected chi connectivity index (χ1v) is 14.1. The van der Waals surface area contributed by atoms with Crippen LogP contribution in [0, 0.1) is 11.6 Å². The van der Waals surface area contributed by atoms with Crippen LogP contribution in [0.3, 0.4) is 0 Å². The van der Waals surface area contributed by atoms with Gasteiger partial charge in [0.15, 0.2) is 5.82 Å². The molecule has 3 N–H and O–H groups in total. The fourth-order valence-electron chi connectivity index (χ4n) is 5.13. The first kappa shape index (κ1) is 31.8. The standard InChI is InChI=1S/C31H37F3N6O3/c1-6-27-23(13-19(4)28-25(33)14-20(15-26(28)34)17-35-18(2)3)29(38-37-27)36-30(41)22-8-7-21(16-24(22)32)39-9-11-40(12-10-39)31(42)43-5/h6-8,13-15,18,21,35H,1,9-12,16-17H2,2-5H3,(H2,36,37,38,41)/b19-13+. The summed E-state index contributed by atoms with van der Waals surface area (Å²) in [6.45, 7) is 11.5. The van der Waals surface area contributed by atoms with Crippen LogP contribution in [-0.2, 0) is 16.1 Å². The number of H-pyrrole nitrogens is 1. The molecule has 2 aliphatic rings. The molecule has 1 aromatic carbocycles. The van der Waals surface area contributed by atoms with Gasteiger partial charge in [-0.1, -0.05) is 26.5 Å². The Kier molecular flexibility index (Phi) is 10.3. The van der Waals surface area contributed by atoms with E-state index in [4.69, 9.17) is 4.74 Å². The third-order valence-corrected chi connectivity index (χ3v) is 7.47. The summed E-state index contributed by atoms with van der Waals surface area (Å²) in [7, 11) is 1.33. The number of halogens is 3. The highest BCUT2D eigenvalue weighted by Crippen LogP contribution is 2.30. The molecule has 0 spiro atoms. The number of hydrogen-bond acceptors (Lipinski definition) is 6. The van der Waals surface area contributed by atoms with E-state index in [0.717, 1.165) is 0 Å². The van der Waals surface area contributed by atoms with E-state index < -0.39 is 29.5 Å². The molecule has 0 radical (unpaired) electrons. The van der Waals surface area contributed by atoms with Crippen molar-refractivity contribution in [2.24, 2.45) is 0 Å². The van der Waals surface area contributed by atoms with Gasteiger partial charge in [-0.3, -0.25) is 14.8 Å². The SMILES string of the molecule is C=Cc1[nH]nc(NC(=O)C2=C(F)CC(N3CCN(C(=O)OC)CC3)C=C2)c1/C=C(\C)c1c(F)cc(CNC(C)C)cc1F. The Labute approximate surface area is 249 Å². The van der Waals surface area contributed by atoms with Gasteiger partial charge in [-0.05, 0) is 48.4 Å². The third kappa shape index (κ3) is 7.44. The summed E-state index contributed by atoms with van der Waals surface area (Å²) in [5.74, 6) is -2.66. The number of aromatic nitrogens is 2. The Bertz CT molecular complexity index is 1450. The topological polar surface area (TPSA) is 103 Å². The molecule has 1 unspecified atom stereocenters. The van der Waals surface area contributed by atoms with Crippen LogP contribution in [0.25, 0.3) is 17.7 Å². The third-order valence-electron chi connectivity index (χ3n) is 7.47. The first-order valence-electron chi connectivity index (χ1n) is 14.1. The molecule has 1 fully saturated rings. The molecule has 4 rings (SSSR count). The summed E-state index contributed by atoms with van der Waals surface area (Å²) in [5.41, 5.74) is 1.15. The monoisotopic (exact) mass is 598 g/mol. The maximum Gasteiger partial charge on any atom is 0.409 e. The van der Waals surface area contributed by atoms with Crippen molar-refractivity contribution in [1.82, 2.24) is 25.3 Å². The van der Waals surface area contributed by atoms with Crippen LogP contribution in [-0.4, -0.2) is 77.4 Å². The molecule has 1 aliphatic carbocycles. The average Bonchev–Trinajstić information content (AvgIpc) is 3.35. The summed E-state index contributed by atoms with van der Waals surface area (Å²) < 4.78 is 50.0. The quantitative estimate of drug-likeness (QED) is 0.364. The Morgan fingerprint density at radius 3 is 2.44 bits per heavy atom. The fraction of sp³-hybridized carbons (Fsp3) is 0.387. The van der Waals surface area contributed by atoms with E-state index in [9.17, 15) is 9.59 Å². The zero-order valence-electron chi connectivity index (χ0n) is 24.8. The number of rotatable bonds is 9. The maximum absolute atomic E-state index is 15.2. The number of methoxy groups -OCH3 is 1. The van der Waals surface area contributed by atoms with Gasteiger partial charge in [-0.15, -0.1) is 0 Å². The number of aromatic amines is 1. The number of nitrogens with one attached hydrogen (secondary N) is 3. The van der Waals surface area contributed by atoms with Crippen molar-refractivity contribution >= 4 is 35.5 Å². The molecule has 0 bridgehead atoms. The van der Waals surface area contributed by atoms with E-state index in [1.807, 2.05) is 18.7 Å². The van der Waals surface area contributed by atoms with Crippen LogP contribution >= 0.6 is 0 Å². The molecular weight excluding hydrogens is 561 g/mol. The molecule has 12 heteroatoms. The Hall–Kier alpha value is -4.16. The van der Waals surface area contributed by atoms with Gasteiger partial charge in [0.2, 0.25) is 0 Å². The van der Waals surface area contributed by atoms with Crippen LogP contribution in [0.4, 0.5) is 23.8 Å². The van der Waals surface area contributed by atoms with E-state index in [-0.39, 0.29) is 41.0 Å². The molecular formula is C31H37F3N6O3. The summed E-state index contributed by atoms with van der Waals surface area (Å²) in [6.07, 6.45) is 5.77. The molecule has 1 atom stereocenters. The zero-order chi connectivity index (χ0) is 31.3. The summed E-state index contributed by atoms with van der Waals surface area (Å²) in [4.78, 5) is 28.5. The largest absolute Gasteiger partial charge is 0.453 e. The van der Waals surface area contributed by atoms with Crippen LogP contribution in [0.2, 0.25) is 0 Å². The van der Waals surface area contributed by atoms with E-state index in [1.165, 1.54) is 37.5 Å². The van der Waals surface area contributed by atoms with Gasteiger partial charge < -0.3 is 20.3 Å². The summed E-state index contributed by atoms with van der Waals surface area (Å²) >= 11 is 0.